The molecular weight excluding hydrogens is 312 g/mol. The third-order valence-electron chi connectivity index (χ3n) is 4.16. The van der Waals surface area contributed by atoms with Crippen molar-refractivity contribution in [3.63, 3.8) is 0 Å². The average Bonchev–Trinajstić information content (AvgIpc) is 3.01. The molecule has 5 nitrogen and oxygen atoms in total. The molecule has 0 atom stereocenters. The van der Waals surface area contributed by atoms with Crippen molar-refractivity contribution in [3.8, 4) is 0 Å². The first-order valence-corrected chi connectivity index (χ1v) is 8.46. The van der Waals surface area contributed by atoms with Crippen molar-refractivity contribution in [2.45, 2.75) is 13.5 Å². The van der Waals surface area contributed by atoms with Gasteiger partial charge in [0.2, 0.25) is 0 Å². The lowest BCUT2D eigenvalue weighted by Crippen LogP contribution is -2.36. The minimum atomic E-state index is -0.0351. The SMILES string of the molecule is Cc1ccn2cc(C(=O)N(CCN(C)C)Cc3ccccc3)nc2c1. The molecule has 5 heteroatoms. The Bertz CT molecular complexity index is 855. The van der Waals surface area contributed by atoms with Gasteiger partial charge in [-0.1, -0.05) is 30.3 Å². The lowest BCUT2D eigenvalue weighted by Gasteiger charge is -2.23. The zero-order chi connectivity index (χ0) is 17.8. The van der Waals surface area contributed by atoms with Gasteiger partial charge < -0.3 is 14.2 Å². The van der Waals surface area contributed by atoms with Crippen LogP contribution in [0.2, 0.25) is 0 Å². The van der Waals surface area contributed by atoms with Crippen molar-refractivity contribution in [1.29, 1.82) is 0 Å². The largest absolute Gasteiger partial charge is 0.332 e. The highest BCUT2D eigenvalue weighted by Gasteiger charge is 2.19. The maximum absolute atomic E-state index is 13.0. The van der Waals surface area contributed by atoms with E-state index in [4.69, 9.17) is 0 Å². The normalized spacial score (nSPS) is 11.2. The second kappa shape index (κ2) is 7.49. The second-order valence-electron chi connectivity index (χ2n) is 6.61. The number of pyridine rings is 1. The Balaban J connectivity index is 1.85. The summed E-state index contributed by atoms with van der Waals surface area (Å²) in [4.78, 5) is 21.5. The third kappa shape index (κ3) is 4.25. The molecule has 0 aliphatic carbocycles. The molecule has 3 rings (SSSR count). The first-order chi connectivity index (χ1) is 12.0. The van der Waals surface area contributed by atoms with Crippen LogP contribution in [0.3, 0.4) is 0 Å². The molecule has 0 fully saturated rings. The number of hydrogen-bond acceptors (Lipinski definition) is 3. The van der Waals surface area contributed by atoms with Crippen molar-refractivity contribution < 1.29 is 4.79 Å². The summed E-state index contributed by atoms with van der Waals surface area (Å²) in [7, 11) is 4.03. The zero-order valence-electron chi connectivity index (χ0n) is 15.0. The summed E-state index contributed by atoms with van der Waals surface area (Å²) in [6, 6.07) is 14.1. The Kier molecular flexibility index (Phi) is 5.14. The molecule has 0 N–H and O–H groups in total. The Hall–Kier alpha value is -2.66. The van der Waals surface area contributed by atoms with Gasteiger partial charge in [0.15, 0.2) is 0 Å². The summed E-state index contributed by atoms with van der Waals surface area (Å²) in [5, 5.41) is 0. The van der Waals surface area contributed by atoms with Crippen LogP contribution in [0.1, 0.15) is 21.6 Å². The van der Waals surface area contributed by atoms with Gasteiger partial charge in [0.1, 0.15) is 11.3 Å². The number of carbonyl (C=O) groups is 1. The molecule has 0 saturated carbocycles. The quantitative estimate of drug-likeness (QED) is 0.695. The Morgan fingerprint density at radius 2 is 1.88 bits per heavy atom. The maximum Gasteiger partial charge on any atom is 0.274 e. The zero-order valence-corrected chi connectivity index (χ0v) is 15.0. The summed E-state index contributed by atoms with van der Waals surface area (Å²) >= 11 is 0. The number of aromatic nitrogens is 2. The van der Waals surface area contributed by atoms with Gasteiger partial charge in [0, 0.05) is 32.0 Å². The molecule has 0 bridgehead atoms. The Morgan fingerprint density at radius 1 is 1.12 bits per heavy atom. The molecule has 0 saturated heterocycles. The minimum Gasteiger partial charge on any atom is -0.332 e. The summed E-state index contributed by atoms with van der Waals surface area (Å²) in [5.41, 5.74) is 3.54. The topological polar surface area (TPSA) is 40.9 Å². The van der Waals surface area contributed by atoms with Crippen molar-refractivity contribution in [1.82, 2.24) is 19.2 Å². The maximum atomic E-state index is 13.0. The predicted octanol–water partition coefficient (Wildman–Crippen LogP) is 2.85. The Labute approximate surface area is 148 Å². The van der Waals surface area contributed by atoms with Gasteiger partial charge in [-0.25, -0.2) is 4.98 Å². The molecule has 1 amide bonds. The fourth-order valence-electron chi connectivity index (χ4n) is 2.73. The van der Waals surface area contributed by atoms with E-state index in [-0.39, 0.29) is 5.91 Å². The Morgan fingerprint density at radius 3 is 2.60 bits per heavy atom. The number of fused-ring (bicyclic) bond motifs is 1. The van der Waals surface area contributed by atoms with Gasteiger partial charge in [-0.3, -0.25) is 4.79 Å². The van der Waals surface area contributed by atoms with Crippen LogP contribution in [0.25, 0.3) is 5.65 Å². The number of hydrogen-bond donors (Lipinski definition) is 0. The van der Waals surface area contributed by atoms with Crippen LogP contribution in [-0.2, 0) is 6.54 Å². The second-order valence-corrected chi connectivity index (χ2v) is 6.61. The van der Waals surface area contributed by atoms with E-state index in [0.717, 1.165) is 23.3 Å². The number of imidazole rings is 1. The van der Waals surface area contributed by atoms with E-state index in [9.17, 15) is 4.79 Å². The number of amides is 1. The van der Waals surface area contributed by atoms with Gasteiger partial charge in [-0.15, -0.1) is 0 Å². The molecule has 3 aromatic rings. The summed E-state index contributed by atoms with van der Waals surface area (Å²) < 4.78 is 1.90. The van der Waals surface area contributed by atoms with E-state index < -0.39 is 0 Å². The van der Waals surface area contributed by atoms with Gasteiger partial charge in [-0.2, -0.15) is 0 Å². The highest BCUT2D eigenvalue weighted by molar-refractivity contribution is 5.93. The highest BCUT2D eigenvalue weighted by atomic mass is 16.2. The van der Waals surface area contributed by atoms with Gasteiger partial charge >= 0.3 is 0 Å². The highest BCUT2D eigenvalue weighted by Crippen LogP contribution is 2.12. The predicted molar refractivity (Wildman–Crippen MR) is 99.7 cm³/mol. The number of rotatable bonds is 6. The fraction of sp³-hybridized carbons (Fsp3) is 0.300. The number of likely N-dealkylation sites (N-methyl/N-ethyl adjacent to an activating group) is 1. The molecule has 1 aromatic carbocycles. The van der Waals surface area contributed by atoms with Crippen LogP contribution in [0.4, 0.5) is 0 Å². The molecule has 2 aromatic heterocycles. The molecule has 0 aliphatic heterocycles. The fourth-order valence-corrected chi connectivity index (χ4v) is 2.73. The summed E-state index contributed by atoms with van der Waals surface area (Å²) in [6.07, 6.45) is 3.75. The van der Waals surface area contributed by atoms with E-state index in [0.29, 0.717) is 18.8 Å². The van der Waals surface area contributed by atoms with E-state index >= 15 is 0 Å². The molecule has 0 aliphatic rings. The standard InChI is InChI=1S/C20H24N4O/c1-16-9-10-23-15-18(21-19(23)13-16)20(25)24(12-11-22(2)3)14-17-7-5-4-6-8-17/h4-10,13,15H,11-12,14H2,1-3H3. The molecular formula is C20H24N4O. The average molecular weight is 336 g/mol. The van der Waals surface area contributed by atoms with Crippen molar-refractivity contribution in [3.05, 3.63) is 71.7 Å². The van der Waals surface area contributed by atoms with Gasteiger partial charge in [0.05, 0.1) is 0 Å². The van der Waals surface area contributed by atoms with E-state index in [2.05, 4.69) is 9.88 Å². The van der Waals surface area contributed by atoms with Crippen LogP contribution in [-0.4, -0.2) is 52.3 Å². The smallest absolute Gasteiger partial charge is 0.274 e. The molecule has 2 heterocycles. The summed E-state index contributed by atoms with van der Waals surface area (Å²) in [5.74, 6) is -0.0351. The first-order valence-electron chi connectivity index (χ1n) is 8.46. The van der Waals surface area contributed by atoms with Gasteiger partial charge in [0.25, 0.3) is 5.91 Å². The van der Waals surface area contributed by atoms with Crippen LogP contribution in [0, 0.1) is 6.92 Å². The van der Waals surface area contributed by atoms with Crippen LogP contribution < -0.4 is 0 Å². The molecule has 25 heavy (non-hydrogen) atoms. The first kappa shape index (κ1) is 17.2. The molecule has 0 unspecified atom stereocenters. The van der Waals surface area contributed by atoms with Crippen LogP contribution >= 0.6 is 0 Å². The molecule has 0 radical (unpaired) electrons. The van der Waals surface area contributed by atoms with Crippen molar-refractivity contribution in [2.24, 2.45) is 0 Å². The number of aryl methyl sites for hydroxylation is 1. The number of nitrogens with zero attached hydrogens (tertiary/aromatic N) is 4. The summed E-state index contributed by atoms with van der Waals surface area (Å²) in [6.45, 7) is 4.08. The van der Waals surface area contributed by atoms with Crippen LogP contribution in [0.15, 0.2) is 54.9 Å². The lowest BCUT2D eigenvalue weighted by molar-refractivity contribution is 0.0726. The van der Waals surface area contributed by atoms with Crippen molar-refractivity contribution in [2.75, 3.05) is 27.2 Å². The van der Waals surface area contributed by atoms with E-state index in [1.807, 2.05) is 85.2 Å². The third-order valence-corrected chi connectivity index (χ3v) is 4.16. The number of benzene rings is 1. The minimum absolute atomic E-state index is 0.0351. The monoisotopic (exact) mass is 336 g/mol. The van der Waals surface area contributed by atoms with Crippen molar-refractivity contribution >= 4 is 11.6 Å². The molecule has 0 spiro atoms. The lowest BCUT2D eigenvalue weighted by atomic mass is 10.2. The molecule has 130 valence electrons. The number of carbonyl (C=O) groups excluding carboxylic acids is 1. The van der Waals surface area contributed by atoms with E-state index in [1.54, 1.807) is 0 Å². The van der Waals surface area contributed by atoms with E-state index in [1.165, 1.54) is 0 Å². The van der Waals surface area contributed by atoms with Gasteiger partial charge in [-0.05, 0) is 44.3 Å². The van der Waals surface area contributed by atoms with Crippen LogP contribution in [0.5, 0.6) is 0 Å².